The van der Waals surface area contributed by atoms with Gasteiger partial charge in [-0.05, 0) is 57.4 Å². The summed E-state index contributed by atoms with van der Waals surface area (Å²) in [6.45, 7) is 2.73. The van der Waals surface area contributed by atoms with E-state index in [0.29, 0.717) is 26.2 Å². The Morgan fingerprint density at radius 3 is 1.75 bits per heavy atom. The predicted octanol–water partition coefficient (Wildman–Crippen LogP) is 5.63. The second-order valence-corrected chi connectivity index (χ2v) is 8.99. The van der Waals surface area contributed by atoms with Crippen LogP contribution in [0.1, 0.15) is 22.6 Å². The molecule has 3 aromatic carbocycles. The Hall–Kier alpha value is -4.42. The van der Waals surface area contributed by atoms with E-state index in [-0.39, 0.29) is 0 Å². The first kappa shape index (κ1) is 22.1. The van der Waals surface area contributed by atoms with Crippen molar-refractivity contribution in [3.8, 4) is 0 Å². The van der Waals surface area contributed by atoms with Crippen LogP contribution in [0, 0.1) is 0 Å². The summed E-state index contributed by atoms with van der Waals surface area (Å²) in [5.74, 6) is 0. The molecule has 176 valence electrons. The summed E-state index contributed by atoms with van der Waals surface area (Å²) in [5, 5.41) is 14.0. The molecule has 0 saturated heterocycles. The summed E-state index contributed by atoms with van der Waals surface area (Å²) in [4.78, 5) is 11.3. The normalized spacial score (nSPS) is 11.5. The number of aromatic nitrogens is 5. The monoisotopic (exact) mass is 470 g/mol. The Bertz CT molecular complexity index is 1500. The summed E-state index contributed by atoms with van der Waals surface area (Å²) in [7, 11) is 0. The third kappa shape index (κ3) is 4.85. The van der Waals surface area contributed by atoms with E-state index in [4.69, 9.17) is 0 Å². The number of nitrogens with zero attached hydrogens (tertiary/aromatic N) is 6. The Labute approximate surface area is 209 Å². The van der Waals surface area contributed by atoms with Crippen LogP contribution in [0.3, 0.4) is 0 Å². The van der Waals surface area contributed by atoms with Crippen molar-refractivity contribution in [1.82, 2.24) is 29.9 Å². The van der Waals surface area contributed by atoms with Gasteiger partial charge in [0, 0.05) is 32.0 Å². The molecule has 0 N–H and O–H groups in total. The minimum atomic E-state index is 0.656. The van der Waals surface area contributed by atoms with E-state index in [1.807, 2.05) is 53.5 Å². The van der Waals surface area contributed by atoms with Crippen LogP contribution in [-0.4, -0.2) is 29.9 Å². The third-order valence-electron chi connectivity index (χ3n) is 6.40. The van der Waals surface area contributed by atoms with Crippen molar-refractivity contribution in [1.29, 1.82) is 0 Å². The Morgan fingerprint density at radius 1 is 0.611 bits per heavy atom. The lowest BCUT2D eigenvalue weighted by Gasteiger charge is -2.20. The largest absolute Gasteiger partial charge is 0.286 e. The highest BCUT2D eigenvalue weighted by Gasteiger charge is 2.14. The Morgan fingerprint density at radius 2 is 1.17 bits per heavy atom. The molecule has 0 unspecified atom stereocenters. The highest BCUT2D eigenvalue weighted by molar-refractivity contribution is 6.02. The number of benzene rings is 3. The number of rotatable bonds is 8. The van der Waals surface area contributed by atoms with Crippen LogP contribution in [0.4, 0.5) is 0 Å². The van der Waals surface area contributed by atoms with Gasteiger partial charge in [-0.3, -0.25) is 14.9 Å². The molecule has 0 aliphatic rings. The second kappa shape index (κ2) is 10.1. The molecule has 0 amide bonds. The van der Waals surface area contributed by atoms with Gasteiger partial charge in [-0.15, -0.1) is 5.10 Å². The highest BCUT2D eigenvalue weighted by atomic mass is 15.4. The summed E-state index contributed by atoms with van der Waals surface area (Å²) in [6.07, 6.45) is 5.72. The maximum Gasteiger partial charge on any atom is 0.0967 e. The fraction of sp³-hybridized carbons (Fsp3) is 0.133. The van der Waals surface area contributed by atoms with E-state index in [1.54, 1.807) is 0 Å². The standard InChI is InChI=1S/C30H26N6/c1-3-13-28-23(9-1)17-24-10-2-4-14-29(24)30(28)22-36-21-27(33-34-36)20-35(18-25-11-5-7-15-31-25)19-26-12-6-8-16-32-26/h1-17,21H,18-20,22H2. The summed E-state index contributed by atoms with van der Waals surface area (Å²) in [6, 6.07) is 31.4. The molecule has 0 fully saturated rings. The fourth-order valence-corrected chi connectivity index (χ4v) is 4.77. The Kier molecular flexibility index (Phi) is 6.17. The molecule has 6 rings (SSSR count). The summed E-state index contributed by atoms with van der Waals surface area (Å²) in [5.41, 5.74) is 4.22. The highest BCUT2D eigenvalue weighted by Crippen LogP contribution is 2.29. The van der Waals surface area contributed by atoms with E-state index in [1.165, 1.54) is 27.1 Å². The number of fused-ring (bicyclic) bond motifs is 2. The van der Waals surface area contributed by atoms with Crippen LogP contribution < -0.4 is 0 Å². The van der Waals surface area contributed by atoms with Crippen molar-refractivity contribution in [3.05, 3.63) is 132 Å². The first-order valence-electron chi connectivity index (χ1n) is 12.1. The van der Waals surface area contributed by atoms with Gasteiger partial charge in [-0.25, -0.2) is 4.68 Å². The molecule has 0 atom stereocenters. The molecule has 6 nitrogen and oxygen atoms in total. The van der Waals surface area contributed by atoms with Crippen molar-refractivity contribution in [3.63, 3.8) is 0 Å². The predicted molar refractivity (Wildman–Crippen MR) is 142 cm³/mol. The fourth-order valence-electron chi connectivity index (χ4n) is 4.77. The molecular weight excluding hydrogens is 444 g/mol. The van der Waals surface area contributed by atoms with Gasteiger partial charge in [-0.2, -0.15) is 0 Å². The molecule has 0 bridgehead atoms. The summed E-state index contributed by atoms with van der Waals surface area (Å²) < 4.78 is 1.95. The van der Waals surface area contributed by atoms with Gasteiger partial charge >= 0.3 is 0 Å². The molecule has 3 heterocycles. The van der Waals surface area contributed by atoms with E-state index >= 15 is 0 Å². The minimum absolute atomic E-state index is 0.656. The van der Waals surface area contributed by atoms with Gasteiger partial charge in [0.25, 0.3) is 0 Å². The lowest BCUT2D eigenvalue weighted by Crippen LogP contribution is -2.23. The van der Waals surface area contributed by atoms with Crippen LogP contribution in [-0.2, 0) is 26.2 Å². The van der Waals surface area contributed by atoms with Crippen molar-refractivity contribution in [2.75, 3.05) is 0 Å². The van der Waals surface area contributed by atoms with Crippen LogP contribution in [0.5, 0.6) is 0 Å². The maximum atomic E-state index is 4.53. The van der Waals surface area contributed by atoms with Crippen molar-refractivity contribution < 1.29 is 0 Å². The quantitative estimate of drug-likeness (QED) is 0.270. The van der Waals surface area contributed by atoms with Crippen LogP contribution in [0.2, 0.25) is 0 Å². The minimum Gasteiger partial charge on any atom is -0.286 e. The maximum absolute atomic E-state index is 4.53. The van der Waals surface area contributed by atoms with Crippen LogP contribution in [0.15, 0.2) is 110 Å². The lowest BCUT2D eigenvalue weighted by atomic mass is 9.97. The third-order valence-corrected chi connectivity index (χ3v) is 6.40. The number of pyridine rings is 2. The zero-order valence-corrected chi connectivity index (χ0v) is 19.9. The van der Waals surface area contributed by atoms with Gasteiger partial charge < -0.3 is 0 Å². The molecule has 0 aliphatic heterocycles. The number of hydrogen-bond donors (Lipinski definition) is 0. The molecule has 6 heteroatoms. The van der Waals surface area contributed by atoms with Crippen molar-refractivity contribution >= 4 is 21.5 Å². The van der Waals surface area contributed by atoms with Gasteiger partial charge in [0.1, 0.15) is 0 Å². The zero-order chi connectivity index (χ0) is 24.2. The molecule has 0 saturated carbocycles. The molecule has 0 aliphatic carbocycles. The SMILES string of the molecule is c1ccc(CN(Cc2ccccn2)Cc2cn(Cc3c4ccccc4cc4ccccc34)nn2)nc1. The average molecular weight is 471 g/mol. The molecule has 36 heavy (non-hydrogen) atoms. The first-order chi connectivity index (χ1) is 17.8. The lowest BCUT2D eigenvalue weighted by molar-refractivity contribution is 0.238. The number of hydrogen-bond acceptors (Lipinski definition) is 5. The molecule has 0 spiro atoms. The molecule has 6 aromatic rings. The zero-order valence-electron chi connectivity index (χ0n) is 19.9. The first-order valence-corrected chi connectivity index (χ1v) is 12.1. The molecule has 0 radical (unpaired) electrons. The molecular formula is C30H26N6. The van der Waals surface area contributed by atoms with Crippen LogP contribution >= 0.6 is 0 Å². The van der Waals surface area contributed by atoms with Gasteiger partial charge in [0.15, 0.2) is 0 Å². The summed E-state index contributed by atoms with van der Waals surface area (Å²) >= 11 is 0. The topological polar surface area (TPSA) is 59.7 Å². The van der Waals surface area contributed by atoms with Crippen LogP contribution in [0.25, 0.3) is 21.5 Å². The van der Waals surface area contributed by atoms with E-state index in [9.17, 15) is 0 Å². The molecule has 3 aromatic heterocycles. The van der Waals surface area contributed by atoms with E-state index < -0.39 is 0 Å². The van der Waals surface area contributed by atoms with Gasteiger partial charge in [0.05, 0.1) is 29.8 Å². The van der Waals surface area contributed by atoms with Gasteiger partial charge in [0.2, 0.25) is 0 Å². The van der Waals surface area contributed by atoms with E-state index in [2.05, 4.69) is 86.0 Å². The van der Waals surface area contributed by atoms with Gasteiger partial charge in [-0.1, -0.05) is 65.9 Å². The smallest absolute Gasteiger partial charge is 0.0967 e. The second-order valence-electron chi connectivity index (χ2n) is 8.99. The average Bonchev–Trinajstić information content (AvgIpc) is 3.36. The Balaban J connectivity index is 1.28. The van der Waals surface area contributed by atoms with E-state index in [0.717, 1.165) is 17.1 Å². The van der Waals surface area contributed by atoms with Crippen molar-refractivity contribution in [2.45, 2.75) is 26.2 Å². The van der Waals surface area contributed by atoms with Crippen molar-refractivity contribution in [2.24, 2.45) is 0 Å².